The molecule has 0 N–H and O–H groups in total. The Kier molecular flexibility index (Phi) is 3.88. The number of carbonyl (C=O) groups excluding carboxylic acids is 1. The molecule has 1 amide bonds. The zero-order valence-electron chi connectivity index (χ0n) is 14.2. The Balaban J connectivity index is 1.44. The molecular weight excluding hydrogens is 352 g/mol. The quantitative estimate of drug-likeness (QED) is 0.691. The van der Waals surface area contributed by atoms with Crippen molar-refractivity contribution in [2.75, 3.05) is 24.6 Å². The Morgan fingerprint density at radius 3 is 2.92 bits per heavy atom. The van der Waals surface area contributed by atoms with Crippen molar-refractivity contribution in [2.24, 2.45) is 0 Å². The molecule has 1 saturated carbocycles. The van der Waals surface area contributed by atoms with Crippen molar-refractivity contribution >= 4 is 23.3 Å². The summed E-state index contributed by atoms with van der Waals surface area (Å²) >= 11 is 1.88. The fourth-order valence-corrected chi connectivity index (χ4v) is 4.07. The molecule has 2 fully saturated rings. The number of fused-ring (bicyclic) bond motifs is 1. The lowest BCUT2D eigenvalue weighted by Crippen LogP contribution is -2.39. The number of hydrogen-bond acceptors (Lipinski definition) is 7. The van der Waals surface area contributed by atoms with Crippen molar-refractivity contribution in [2.45, 2.75) is 25.2 Å². The molecule has 4 heterocycles. The molecule has 8 nitrogen and oxygen atoms in total. The summed E-state index contributed by atoms with van der Waals surface area (Å²) in [6.07, 6.45) is 4.35. The van der Waals surface area contributed by atoms with Crippen LogP contribution in [-0.4, -0.2) is 60.1 Å². The van der Waals surface area contributed by atoms with Crippen LogP contribution < -0.4 is 0 Å². The van der Waals surface area contributed by atoms with Crippen molar-refractivity contribution in [3.63, 3.8) is 0 Å². The highest BCUT2D eigenvalue weighted by atomic mass is 32.2. The van der Waals surface area contributed by atoms with Gasteiger partial charge in [0.15, 0.2) is 11.5 Å². The molecule has 1 saturated heterocycles. The Bertz CT molecular complexity index is 957. The summed E-state index contributed by atoms with van der Waals surface area (Å²) in [4.78, 5) is 18.9. The Morgan fingerprint density at radius 1 is 1.27 bits per heavy atom. The molecular formula is C17H18N6O2S. The van der Waals surface area contributed by atoms with Crippen LogP contribution in [0.3, 0.4) is 0 Å². The standard InChI is InChI=1S/C17H18N6O2S/c24-14(22-6-8-26-9-7-22)10-13-19-20-16-12(2-1-5-23(13)16)17-18-15(21-25-17)11-3-4-11/h1-2,5,11H,3-4,6-10H2. The van der Waals surface area contributed by atoms with Crippen LogP contribution in [-0.2, 0) is 11.2 Å². The highest BCUT2D eigenvalue weighted by molar-refractivity contribution is 7.99. The van der Waals surface area contributed by atoms with Crippen LogP contribution in [0.4, 0.5) is 0 Å². The third-order valence-electron chi connectivity index (χ3n) is 4.79. The zero-order valence-corrected chi connectivity index (χ0v) is 15.0. The van der Waals surface area contributed by atoms with Gasteiger partial charge in [0.25, 0.3) is 5.89 Å². The first-order valence-electron chi connectivity index (χ1n) is 8.82. The van der Waals surface area contributed by atoms with Gasteiger partial charge in [-0.05, 0) is 25.0 Å². The van der Waals surface area contributed by atoms with E-state index in [0.29, 0.717) is 23.3 Å². The second-order valence-corrected chi connectivity index (χ2v) is 7.86. The van der Waals surface area contributed by atoms with E-state index in [1.807, 2.05) is 39.4 Å². The van der Waals surface area contributed by atoms with Gasteiger partial charge in [-0.3, -0.25) is 9.20 Å². The summed E-state index contributed by atoms with van der Waals surface area (Å²) in [5.74, 6) is 4.37. The van der Waals surface area contributed by atoms with Crippen molar-refractivity contribution in [3.8, 4) is 11.5 Å². The van der Waals surface area contributed by atoms with Gasteiger partial charge >= 0.3 is 0 Å². The molecule has 1 aliphatic carbocycles. The molecule has 0 spiro atoms. The maximum absolute atomic E-state index is 12.5. The number of nitrogens with zero attached hydrogens (tertiary/aromatic N) is 6. The second-order valence-electron chi connectivity index (χ2n) is 6.63. The van der Waals surface area contributed by atoms with E-state index in [-0.39, 0.29) is 12.3 Å². The smallest absolute Gasteiger partial charge is 0.261 e. The molecule has 0 aromatic carbocycles. The normalized spacial score (nSPS) is 17.8. The molecule has 1 aliphatic heterocycles. The maximum Gasteiger partial charge on any atom is 0.261 e. The van der Waals surface area contributed by atoms with Crippen molar-refractivity contribution in [1.29, 1.82) is 0 Å². The van der Waals surface area contributed by atoms with Gasteiger partial charge in [0.1, 0.15) is 5.82 Å². The van der Waals surface area contributed by atoms with Crippen LogP contribution in [0.15, 0.2) is 22.9 Å². The lowest BCUT2D eigenvalue weighted by Gasteiger charge is -2.26. The molecule has 0 radical (unpaired) electrons. The molecule has 0 unspecified atom stereocenters. The predicted molar refractivity (Wildman–Crippen MR) is 95.9 cm³/mol. The topological polar surface area (TPSA) is 89.4 Å². The van der Waals surface area contributed by atoms with Crippen LogP contribution in [0.5, 0.6) is 0 Å². The molecule has 26 heavy (non-hydrogen) atoms. The van der Waals surface area contributed by atoms with Gasteiger partial charge in [-0.15, -0.1) is 10.2 Å². The molecule has 2 aliphatic rings. The number of carbonyl (C=O) groups is 1. The van der Waals surface area contributed by atoms with Crippen molar-refractivity contribution in [1.82, 2.24) is 29.6 Å². The van der Waals surface area contributed by atoms with Gasteiger partial charge in [-0.2, -0.15) is 16.7 Å². The van der Waals surface area contributed by atoms with Gasteiger partial charge in [0.2, 0.25) is 5.91 Å². The molecule has 9 heteroatoms. The van der Waals surface area contributed by atoms with E-state index in [1.54, 1.807) is 0 Å². The SMILES string of the molecule is O=C(Cc1nnc2c(-c3nc(C4CC4)no3)cccn12)N1CCSCC1. The van der Waals surface area contributed by atoms with Crippen LogP contribution in [0.1, 0.15) is 30.4 Å². The third kappa shape index (κ3) is 2.86. The highest BCUT2D eigenvalue weighted by Crippen LogP contribution is 2.39. The lowest BCUT2D eigenvalue weighted by atomic mass is 10.2. The van der Waals surface area contributed by atoms with E-state index >= 15 is 0 Å². The Morgan fingerprint density at radius 2 is 2.12 bits per heavy atom. The minimum Gasteiger partial charge on any atom is -0.341 e. The first-order valence-corrected chi connectivity index (χ1v) is 9.97. The second kappa shape index (κ2) is 6.39. The summed E-state index contributed by atoms with van der Waals surface area (Å²) < 4.78 is 7.27. The summed E-state index contributed by atoms with van der Waals surface area (Å²) in [5, 5.41) is 12.6. The molecule has 5 rings (SSSR count). The van der Waals surface area contributed by atoms with E-state index in [0.717, 1.165) is 48.8 Å². The van der Waals surface area contributed by atoms with Crippen LogP contribution in [0, 0.1) is 0 Å². The fourth-order valence-electron chi connectivity index (χ4n) is 3.16. The number of thioether (sulfide) groups is 1. The minimum atomic E-state index is 0.0961. The van der Waals surface area contributed by atoms with Gasteiger partial charge in [-0.1, -0.05) is 5.16 Å². The number of pyridine rings is 1. The first kappa shape index (κ1) is 15.8. The largest absolute Gasteiger partial charge is 0.341 e. The van der Waals surface area contributed by atoms with Crippen molar-refractivity contribution in [3.05, 3.63) is 30.0 Å². The van der Waals surface area contributed by atoms with Gasteiger partial charge in [0.05, 0.1) is 12.0 Å². The summed E-state index contributed by atoms with van der Waals surface area (Å²) in [7, 11) is 0. The number of hydrogen-bond donors (Lipinski definition) is 0. The average Bonchev–Trinajstić information content (AvgIpc) is 3.28. The van der Waals surface area contributed by atoms with E-state index in [9.17, 15) is 4.79 Å². The Hall–Kier alpha value is -2.42. The van der Waals surface area contributed by atoms with Gasteiger partial charge < -0.3 is 9.42 Å². The molecule has 0 atom stereocenters. The number of rotatable bonds is 4. The van der Waals surface area contributed by atoms with E-state index in [1.165, 1.54) is 0 Å². The minimum absolute atomic E-state index is 0.0961. The summed E-state index contributed by atoms with van der Waals surface area (Å²) in [5.41, 5.74) is 1.38. The van der Waals surface area contributed by atoms with Crippen LogP contribution in [0.2, 0.25) is 0 Å². The molecule has 134 valence electrons. The van der Waals surface area contributed by atoms with E-state index in [2.05, 4.69) is 20.3 Å². The maximum atomic E-state index is 12.5. The molecule has 3 aromatic heterocycles. The Labute approximate surface area is 154 Å². The first-order chi connectivity index (χ1) is 12.8. The number of amides is 1. The van der Waals surface area contributed by atoms with Crippen LogP contribution in [0.25, 0.3) is 17.1 Å². The summed E-state index contributed by atoms with van der Waals surface area (Å²) in [6.45, 7) is 1.61. The molecule has 3 aromatic rings. The van der Waals surface area contributed by atoms with E-state index < -0.39 is 0 Å². The van der Waals surface area contributed by atoms with Crippen LogP contribution >= 0.6 is 11.8 Å². The number of aromatic nitrogens is 5. The van der Waals surface area contributed by atoms with Crippen molar-refractivity contribution < 1.29 is 9.32 Å². The fraction of sp³-hybridized carbons (Fsp3) is 0.471. The average molecular weight is 370 g/mol. The predicted octanol–water partition coefficient (Wildman–Crippen LogP) is 1.77. The van der Waals surface area contributed by atoms with Gasteiger partial charge in [-0.25, -0.2) is 0 Å². The highest BCUT2D eigenvalue weighted by Gasteiger charge is 2.29. The van der Waals surface area contributed by atoms with E-state index in [4.69, 9.17) is 4.52 Å². The van der Waals surface area contributed by atoms with Gasteiger partial charge in [0, 0.05) is 36.7 Å². The monoisotopic (exact) mass is 370 g/mol. The third-order valence-corrected chi connectivity index (χ3v) is 5.74. The zero-order chi connectivity index (χ0) is 17.5. The summed E-state index contributed by atoms with van der Waals surface area (Å²) in [6, 6.07) is 3.78. The molecule has 0 bridgehead atoms. The lowest BCUT2D eigenvalue weighted by molar-refractivity contribution is -0.130.